The molecule has 1 N–H and O–H groups in total. The number of carbonyl (C=O) groups excluding carboxylic acids is 1. The van der Waals surface area contributed by atoms with Crippen molar-refractivity contribution in [3.05, 3.63) is 18.5 Å². The van der Waals surface area contributed by atoms with Crippen LogP contribution in [0.25, 0.3) is 0 Å². The highest BCUT2D eigenvalue weighted by atomic mass is 32.2. The number of nitrogens with zero attached hydrogens (tertiary/aromatic N) is 4. The number of sulfonamides is 1. The minimum Gasteiger partial charge on any atom is -0.356 e. The molecule has 0 aromatic carbocycles. The van der Waals surface area contributed by atoms with Gasteiger partial charge in [-0.3, -0.25) is 4.79 Å². The summed E-state index contributed by atoms with van der Waals surface area (Å²) in [6.45, 7) is 2.47. The molecular formula is C15H23N5O3S. The van der Waals surface area contributed by atoms with Crippen molar-refractivity contribution < 1.29 is 13.2 Å². The highest BCUT2D eigenvalue weighted by molar-refractivity contribution is 7.89. The van der Waals surface area contributed by atoms with Crippen LogP contribution < -0.4 is 10.2 Å². The van der Waals surface area contributed by atoms with Crippen molar-refractivity contribution in [3.8, 4) is 0 Å². The smallest absolute Gasteiger partial charge is 0.225 e. The first kappa shape index (κ1) is 17.1. The van der Waals surface area contributed by atoms with Gasteiger partial charge in [0.05, 0.1) is 5.75 Å². The summed E-state index contributed by atoms with van der Waals surface area (Å²) in [5, 5.41) is 2.80. The maximum Gasteiger partial charge on any atom is 0.225 e. The van der Waals surface area contributed by atoms with Crippen LogP contribution in [-0.4, -0.2) is 67.1 Å². The number of piperazine rings is 1. The van der Waals surface area contributed by atoms with Crippen molar-refractivity contribution in [1.82, 2.24) is 19.6 Å². The summed E-state index contributed by atoms with van der Waals surface area (Å²) in [5.74, 6) is 0.927. The van der Waals surface area contributed by atoms with E-state index in [0.717, 1.165) is 12.8 Å². The van der Waals surface area contributed by atoms with Gasteiger partial charge in [0.2, 0.25) is 21.9 Å². The minimum absolute atomic E-state index is 0.0591. The Hall–Kier alpha value is -1.74. The third-order valence-electron chi connectivity index (χ3n) is 4.29. The highest BCUT2D eigenvalue weighted by Gasteiger charge is 2.30. The first-order valence-electron chi connectivity index (χ1n) is 8.34. The zero-order chi connectivity index (χ0) is 17.0. The van der Waals surface area contributed by atoms with Crippen molar-refractivity contribution in [2.75, 3.05) is 43.4 Å². The second-order valence-corrected chi connectivity index (χ2v) is 8.26. The number of anilines is 1. The fraction of sp³-hybridized carbons (Fsp3) is 0.667. The normalized spacial score (nSPS) is 19.2. The lowest BCUT2D eigenvalue weighted by atomic mass is 10.4. The maximum atomic E-state index is 12.4. The average molecular weight is 353 g/mol. The molecule has 1 amide bonds. The van der Waals surface area contributed by atoms with E-state index in [0.29, 0.717) is 45.1 Å². The van der Waals surface area contributed by atoms with E-state index in [2.05, 4.69) is 15.3 Å². The Morgan fingerprint density at radius 1 is 1.17 bits per heavy atom. The third kappa shape index (κ3) is 4.41. The number of hydrogen-bond acceptors (Lipinski definition) is 6. The summed E-state index contributed by atoms with van der Waals surface area (Å²) in [4.78, 5) is 21.9. The molecule has 24 heavy (non-hydrogen) atoms. The summed E-state index contributed by atoms with van der Waals surface area (Å²) >= 11 is 0. The van der Waals surface area contributed by atoms with Crippen LogP contribution in [0.2, 0.25) is 0 Å². The first-order valence-corrected chi connectivity index (χ1v) is 9.95. The van der Waals surface area contributed by atoms with E-state index in [1.165, 1.54) is 4.31 Å². The lowest BCUT2D eigenvalue weighted by molar-refractivity contribution is -0.122. The van der Waals surface area contributed by atoms with Crippen LogP contribution >= 0.6 is 0 Å². The third-order valence-corrected chi connectivity index (χ3v) is 6.25. The summed E-state index contributed by atoms with van der Waals surface area (Å²) in [6, 6.07) is 1.76. The lowest BCUT2D eigenvalue weighted by Crippen LogP contribution is -2.49. The molecule has 1 saturated carbocycles. The predicted octanol–water partition coefficient (Wildman–Crippen LogP) is -0.155. The Kier molecular flexibility index (Phi) is 5.30. The van der Waals surface area contributed by atoms with Crippen molar-refractivity contribution >= 4 is 21.9 Å². The van der Waals surface area contributed by atoms with Crippen LogP contribution in [0.3, 0.4) is 0 Å². The van der Waals surface area contributed by atoms with Gasteiger partial charge in [0.25, 0.3) is 0 Å². The van der Waals surface area contributed by atoms with Gasteiger partial charge in [0.1, 0.15) is 0 Å². The molecule has 132 valence electrons. The molecule has 0 spiro atoms. The van der Waals surface area contributed by atoms with Crippen molar-refractivity contribution in [1.29, 1.82) is 0 Å². The quantitative estimate of drug-likeness (QED) is 0.685. The Bertz CT molecular complexity index is 655. The molecule has 1 aromatic heterocycles. The summed E-state index contributed by atoms with van der Waals surface area (Å²) in [5.41, 5.74) is 0. The molecule has 1 saturated heterocycles. The largest absolute Gasteiger partial charge is 0.356 e. The zero-order valence-electron chi connectivity index (χ0n) is 13.6. The number of rotatable bonds is 7. The lowest BCUT2D eigenvalue weighted by Gasteiger charge is -2.33. The van der Waals surface area contributed by atoms with Gasteiger partial charge in [-0.15, -0.1) is 0 Å². The fourth-order valence-electron chi connectivity index (χ4n) is 2.71. The van der Waals surface area contributed by atoms with E-state index in [1.54, 1.807) is 18.5 Å². The molecule has 1 aliphatic carbocycles. The van der Waals surface area contributed by atoms with E-state index in [1.807, 2.05) is 4.90 Å². The molecule has 0 atom stereocenters. The average Bonchev–Trinajstić information content (AvgIpc) is 3.45. The number of carbonyl (C=O) groups is 1. The van der Waals surface area contributed by atoms with Gasteiger partial charge >= 0.3 is 0 Å². The van der Waals surface area contributed by atoms with Gasteiger partial charge in [-0.05, 0) is 25.3 Å². The van der Waals surface area contributed by atoms with Gasteiger partial charge in [-0.2, -0.15) is 4.31 Å². The van der Waals surface area contributed by atoms with Crippen molar-refractivity contribution in [3.63, 3.8) is 0 Å². The molecule has 2 aliphatic rings. The zero-order valence-corrected chi connectivity index (χ0v) is 14.4. The number of aromatic nitrogens is 2. The van der Waals surface area contributed by atoms with Gasteiger partial charge in [-0.1, -0.05) is 0 Å². The molecule has 8 nitrogen and oxygen atoms in total. The van der Waals surface area contributed by atoms with Crippen LogP contribution in [0.1, 0.15) is 19.3 Å². The minimum atomic E-state index is -3.28. The second-order valence-electron chi connectivity index (χ2n) is 6.17. The van der Waals surface area contributed by atoms with Gasteiger partial charge in [-0.25, -0.2) is 18.4 Å². The monoisotopic (exact) mass is 353 g/mol. The molecule has 0 bridgehead atoms. The summed E-state index contributed by atoms with van der Waals surface area (Å²) < 4.78 is 26.3. The predicted molar refractivity (Wildman–Crippen MR) is 90.0 cm³/mol. The Morgan fingerprint density at radius 2 is 1.83 bits per heavy atom. The Morgan fingerprint density at radius 3 is 2.46 bits per heavy atom. The molecular weight excluding hydrogens is 330 g/mol. The van der Waals surface area contributed by atoms with E-state index >= 15 is 0 Å². The fourth-order valence-corrected chi connectivity index (χ4v) is 4.19. The van der Waals surface area contributed by atoms with E-state index < -0.39 is 10.0 Å². The molecule has 1 aromatic rings. The van der Waals surface area contributed by atoms with Crippen LogP contribution in [0.15, 0.2) is 18.5 Å². The molecule has 2 fully saturated rings. The number of hydrogen-bond donors (Lipinski definition) is 1. The molecule has 0 radical (unpaired) electrons. The molecule has 1 aliphatic heterocycles. The molecule has 3 rings (SSSR count). The van der Waals surface area contributed by atoms with E-state index in [-0.39, 0.29) is 17.6 Å². The summed E-state index contributed by atoms with van der Waals surface area (Å²) in [7, 11) is -3.28. The molecule has 0 unspecified atom stereocenters. The Balaban J connectivity index is 1.41. The summed E-state index contributed by atoms with van der Waals surface area (Å²) in [6.07, 6.45) is 5.73. The van der Waals surface area contributed by atoms with Gasteiger partial charge in [0.15, 0.2) is 0 Å². The van der Waals surface area contributed by atoms with Crippen LogP contribution in [0.4, 0.5) is 5.95 Å². The van der Waals surface area contributed by atoms with Gasteiger partial charge in [0, 0.05) is 51.0 Å². The molecule has 2 heterocycles. The number of amides is 1. The second kappa shape index (κ2) is 7.43. The number of nitrogens with one attached hydrogen (secondary N) is 1. The topological polar surface area (TPSA) is 95.5 Å². The SMILES string of the molecule is O=C(NCCCS(=O)(=O)N1CCN(c2ncccn2)CC1)C1CC1. The van der Waals surface area contributed by atoms with Crippen LogP contribution in [0, 0.1) is 5.92 Å². The van der Waals surface area contributed by atoms with Crippen molar-refractivity contribution in [2.45, 2.75) is 19.3 Å². The van der Waals surface area contributed by atoms with E-state index in [9.17, 15) is 13.2 Å². The Labute approximate surface area is 142 Å². The first-order chi connectivity index (χ1) is 11.6. The van der Waals surface area contributed by atoms with Crippen LogP contribution in [0.5, 0.6) is 0 Å². The van der Waals surface area contributed by atoms with E-state index in [4.69, 9.17) is 0 Å². The highest BCUT2D eigenvalue weighted by Crippen LogP contribution is 2.28. The molecule has 9 heteroatoms. The van der Waals surface area contributed by atoms with Crippen molar-refractivity contribution in [2.24, 2.45) is 5.92 Å². The standard InChI is InChI=1S/C15H23N5O3S/c21-14(13-3-4-13)16-7-2-12-24(22,23)20-10-8-19(9-11-20)15-17-5-1-6-18-15/h1,5-6,13H,2-4,7-12H2,(H,16,21). The maximum absolute atomic E-state index is 12.4. The van der Waals surface area contributed by atoms with Crippen LogP contribution in [-0.2, 0) is 14.8 Å². The van der Waals surface area contributed by atoms with Gasteiger partial charge < -0.3 is 10.2 Å².